The normalized spacial score (nSPS) is 23.3. The third kappa shape index (κ3) is 2.65. The van der Waals surface area contributed by atoms with E-state index in [2.05, 4.69) is 62.6 Å². The van der Waals surface area contributed by atoms with Gasteiger partial charge in [-0.15, -0.1) is 11.3 Å². The predicted molar refractivity (Wildman–Crippen MR) is 94.7 cm³/mol. The minimum Gasteiger partial charge on any atom is -0.397 e. The number of thiophene rings is 1. The first kappa shape index (κ1) is 15.8. The lowest BCUT2D eigenvalue weighted by molar-refractivity contribution is 0.427. The van der Waals surface area contributed by atoms with Crippen molar-refractivity contribution in [3.8, 4) is 0 Å². The van der Waals surface area contributed by atoms with E-state index < -0.39 is 0 Å². The van der Waals surface area contributed by atoms with Crippen LogP contribution in [0.25, 0.3) is 11.8 Å². The summed E-state index contributed by atoms with van der Waals surface area (Å²) in [5.74, 6) is 0.468. The quantitative estimate of drug-likeness (QED) is 0.790. The largest absolute Gasteiger partial charge is 0.397 e. The molecule has 21 heavy (non-hydrogen) atoms. The van der Waals surface area contributed by atoms with Gasteiger partial charge in [0.1, 0.15) is 0 Å². The van der Waals surface area contributed by atoms with E-state index in [4.69, 9.17) is 5.73 Å². The summed E-state index contributed by atoms with van der Waals surface area (Å²) >= 11 is 1.75. The fraction of sp³-hybridized carbons (Fsp3) is 0.368. The van der Waals surface area contributed by atoms with Crippen LogP contribution >= 0.6 is 11.3 Å². The predicted octanol–water partition coefficient (Wildman–Crippen LogP) is 3.60. The number of benzene rings is 1. The van der Waals surface area contributed by atoms with Gasteiger partial charge in [0, 0.05) is 5.22 Å². The maximum atomic E-state index is 6.45. The van der Waals surface area contributed by atoms with Crippen molar-refractivity contribution >= 4 is 23.1 Å². The molecule has 1 aliphatic carbocycles. The van der Waals surface area contributed by atoms with Gasteiger partial charge in [-0.25, -0.2) is 0 Å². The Balaban J connectivity index is 0.000000774. The van der Waals surface area contributed by atoms with Crippen LogP contribution in [0.2, 0.25) is 0 Å². The smallest absolute Gasteiger partial charge is 0.0571 e. The van der Waals surface area contributed by atoms with Gasteiger partial charge >= 0.3 is 0 Å². The Morgan fingerprint density at radius 2 is 1.76 bits per heavy atom. The highest BCUT2D eigenvalue weighted by molar-refractivity contribution is 7.11. The third-order valence-corrected chi connectivity index (χ3v) is 5.37. The molecule has 1 atom stereocenters. The molecule has 0 bridgehead atoms. The molecule has 1 heterocycles. The van der Waals surface area contributed by atoms with E-state index in [-0.39, 0.29) is 5.41 Å². The van der Waals surface area contributed by atoms with Gasteiger partial charge in [-0.05, 0) is 33.6 Å². The molecule has 1 aromatic heterocycles. The van der Waals surface area contributed by atoms with E-state index in [1.807, 2.05) is 13.8 Å². The second kappa shape index (κ2) is 6.07. The lowest BCUT2D eigenvalue weighted by atomic mass is 9.73. The highest BCUT2D eigenvalue weighted by Crippen LogP contribution is 2.38. The molecule has 1 unspecified atom stereocenters. The second-order valence-corrected chi connectivity index (χ2v) is 6.76. The fourth-order valence-corrected chi connectivity index (χ4v) is 3.79. The SMILES string of the molecule is CC.CC1/C=c2/cccc/c2=C(/N)c2sccc2C1(C)C. The second-order valence-electron chi connectivity index (χ2n) is 5.84. The summed E-state index contributed by atoms with van der Waals surface area (Å²) in [7, 11) is 0. The molecule has 1 nitrogen and oxygen atoms in total. The minimum absolute atomic E-state index is 0.105. The highest BCUT2D eigenvalue weighted by Gasteiger charge is 2.31. The lowest BCUT2D eigenvalue weighted by Crippen LogP contribution is -2.36. The van der Waals surface area contributed by atoms with E-state index in [0.29, 0.717) is 5.92 Å². The van der Waals surface area contributed by atoms with Crippen molar-refractivity contribution < 1.29 is 0 Å². The number of rotatable bonds is 0. The Morgan fingerprint density at radius 3 is 2.48 bits per heavy atom. The first-order valence-corrected chi connectivity index (χ1v) is 8.55. The summed E-state index contributed by atoms with van der Waals surface area (Å²) in [5.41, 5.74) is 8.83. The van der Waals surface area contributed by atoms with Crippen LogP contribution in [-0.4, -0.2) is 0 Å². The molecule has 0 saturated carbocycles. The Hall–Kier alpha value is -1.54. The van der Waals surface area contributed by atoms with Gasteiger partial charge in [0.15, 0.2) is 0 Å². The van der Waals surface area contributed by atoms with E-state index in [1.54, 1.807) is 11.3 Å². The van der Waals surface area contributed by atoms with Crippen molar-refractivity contribution in [1.29, 1.82) is 0 Å². The van der Waals surface area contributed by atoms with Crippen molar-refractivity contribution in [1.82, 2.24) is 0 Å². The minimum atomic E-state index is 0.105. The first-order valence-electron chi connectivity index (χ1n) is 7.67. The molecule has 2 N–H and O–H groups in total. The maximum Gasteiger partial charge on any atom is 0.0571 e. The van der Waals surface area contributed by atoms with Gasteiger partial charge in [-0.2, -0.15) is 0 Å². The topological polar surface area (TPSA) is 26.0 Å². The number of fused-ring (bicyclic) bond motifs is 2. The molecule has 3 rings (SSSR count). The van der Waals surface area contributed by atoms with Gasteiger partial charge in [-0.3, -0.25) is 0 Å². The van der Waals surface area contributed by atoms with Crippen LogP contribution in [0, 0.1) is 5.92 Å². The fourth-order valence-electron chi connectivity index (χ4n) is 2.76. The molecule has 0 fully saturated rings. The van der Waals surface area contributed by atoms with Crippen molar-refractivity contribution in [3.05, 3.63) is 56.6 Å². The molecular weight excluding hydrogens is 274 g/mol. The van der Waals surface area contributed by atoms with Gasteiger partial charge in [0.25, 0.3) is 0 Å². The van der Waals surface area contributed by atoms with E-state index in [0.717, 1.165) is 10.9 Å². The summed E-state index contributed by atoms with van der Waals surface area (Å²) in [6.45, 7) is 10.9. The van der Waals surface area contributed by atoms with E-state index >= 15 is 0 Å². The van der Waals surface area contributed by atoms with Crippen molar-refractivity contribution in [3.63, 3.8) is 0 Å². The van der Waals surface area contributed by atoms with Crippen molar-refractivity contribution in [2.75, 3.05) is 0 Å². The van der Waals surface area contributed by atoms with Gasteiger partial charge in [0.2, 0.25) is 0 Å². The maximum absolute atomic E-state index is 6.45. The molecule has 0 spiro atoms. The van der Waals surface area contributed by atoms with Crippen LogP contribution in [0.1, 0.15) is 45.1 Å². The van der Waals surface area contributed by atoms with Crippen molar-refractivity contribution in [2.24, 2.45) is 11.7 Å². The Morgan fingerprint density at radius 1 is 1.10 bits per heavy atom. The standard InChI is InChI=1S/C17H19NS.C2H6/c1-11-10-12-6-4-5-7-13(12)15(18)16-14(8-9-19-16)17(11,2)3;1-2/h4-11H,18H2,1-3H3;1-2H3/b12-10-,15-13-;. The van der Waals surface area contributed by atoms with Crippen LogP contribution in [0.4, 0.5) is 0 Å². The molecular formula is C19H25NS. The number of hydrogen-bond donors (Lipinski definition) is 1. The summed E-state index contributed by atoms with van der Waals surface area (Å²) in [4.78, 5) is 1.23. The molecule has 0 radical (unpaired) electrons. The number of hydrogen-bond acceptors (Lipinski definition) is 2. The average molecular weight is 299 g/mol. The summed E-state index contributed by atoms with van der Waals surface area (Å²) in [5, 5.41) is 4.56. The molecule has 1 aliphatic rings. The van der Waals surface area contributed by atoms with Gasteiger partial charge in [0.05, 0.1) is 10.6 Å². The highest BCUT2D eigenvalue weighted by atomic mass is 32.1. The van der Waals surface area contributed by atoms with E-state index in [1.165, 1.54) is 15.7 Å². The summed E-state index contributed by atoms with van der Waals surface area (Å²) in [6, 6.07) is 10.7. The van der Waals surface area contributed by atoms with Crippen LogP contribution in [0.5, 0.6) is 0 Å². The Labute approximate surface area is 131 Å². The van der Waals surface area contributed by atoms with Crippen molar-refractivity contribution in [2.45, 2.75) is 40.0 Å². The lowest BCUT2D eigenvalue weighted by Gasteiger charge is -2.32. The monoisotopic (exact) mass is 299 g/mol. The Bertz CT molecular complexity index is 737. The van der Waals surface area contributed by atoms with Crippen LogP contribution < -0.4 is 16.2 Å². The summed E-state index contributed by atoms with van der Waals surface area (Å²) < 4.78 is 0. The first-order chi connectivity index (χ1) is 10.0. The molecule has 0 amide bonds. The molecule has 0 saturated heterocycles. The van der Waals surface area contributed by atoms with E-state index in [9.17, 15) is 0 Å². The number of nitrogens with two attached hydrogens (primary N) is 1. The zero-order chi connectivity index (χ0) is 15.6. The van der Waals surface area contributed by atoms with Crippen LogP contribution in [-0.2, 0) is 5.41 Å². The average Bonchev–Trinajstić information content (AvgIpc) is 2.98. The van der Waals surface area contributed by atoms with Crippen LogP contribution in [0.3, 0.4) is 0 Å². The van der Waals surface area contributed by atoms with Crippen LogP contribution in [0.15, 0.2) is 35.7 Å². The zero-order valence-electron chi connectivity index (χ0n) is 13.6. The molecule has 2 heteroatoms. The Kier molecular flexibility index (Phi) is 4.58. The molecule has 1 aromatic carbocycles. The van der Waals surface area contributed by atoms with Gasteiger partial charge < -0.3 is 5.73 Å². The summed E-state index contributed by atoms with van der Waals surface area (Å²) in [6.07, 6.45) is 2.35. The molecule has 2 aromatic rings. The molecule has 0 aliphatic heterocycles. The molecule has 112 valence electrons. The van der Waals surface area contributed by atoms with Gasteiger partial charge in [-0.1, -0.05) is 65.0 Å². The zero-order valence-corrected chi connectivity index (χ0v) is 14.4. The third-order valence-electron chi connectivity index (χ3n) is 4.42.